The third-order valence-electron chi connectivity index (χ3n) is 4.33. The molecule has 0 spiro atoms. The number of aliphatic imine (C=N–C) groups is 1. The van der Waals surface area contributed by atoms with Crippen LogP contribution >= 0.6 is 0 Å². The summed E-state index contributed by atoms with van der Waals surface area (Å²) in [5.74, 6) is 1.30. The Morgan fingerprint density at radius 2 is 1.86 bits per heavy atom. The Hall–Kier alpha value is -3.35. The Balaban J connectivity index is 1.66. The van der Waals surface area contributed by atoms with Gasteiger partial charge in [-0.05, 0) is 37.6 Å². The minimum absolute atomic E-state index is 0.552. The number of para-hydroxylation sites is 1. The van der Waals surface area contributed by atoms with E-state index in [2.05, 4.69) is 50.8 Å². The van der Waals surface area contributed by atoms with E-state index in [0.29, 0.717) is 24.9 Å². The standard InChI is InChI=1S/C21H26N6O/c1-15-12-16(2)27(26-15)19-10-6-5-8-17(19)13-23-21(22-3)24-14-18-9-7-11-20(25-18)28-4/h5-12H,13-14H2,1-4H3,(H2,22,23,24). The van der Waals surface area contributed by atoms with E-state index < -0.39 is 0 Å². The Kier molecular flexibility index (Phi) is 6.26. The van der Waals surface area contributed by atoms with Gasteiger partial charge in [0.1, 0.15) is 0 Å². The molecule has 0 unspecified atom stereocenters. The number of guanidine groups is 1. The maximum atomic E-state index is 5.17. The first-order valence-corrected chi connectivity index (χ1v) is 9.16. The van der Waals surface area contributed by atoms with Gasteiger partial charge in [0.2, 0.25) is 5.88 Å². The molecule has 7 heteroatoms. The van der Waals surface area contributed by atoms with Crippen molar-refractivity contribution >= 4 is 5.96 Å². The van der Waals surface area contributed by atoms with E-state index in [1.165, 1.54) is 0 Å². The van der Waals surface area contributed by atoms with E-state index in [1.807, 2.05) is 41.9 Å². The average Bonchev–Trinajstić information content (AvgIpc) is 3.06. The minimum Gasteiger partial charge on any atom is -0.481 e. The minimum atomic E-state index is 0.552. The lowest BCUT2D eigenvalue weighted by Crippen LogP contribution is -2.36. The largest absolute Gasteiger partial charge is 0.481 e. The van der Waals surface area contributed by atoms with Gasteiger partial charge in [0, 0.05) is 25.4 Å². The summed E-state index contributed by atoms with van der Waals surface area (Å²) >= 11 is 0. The molecular formula is C21H26N6O. The van der Waals surface area contributed by atoms with E-state index in [-0.39, 0.29) is 0 Å². The van der Waals surface area contributed by atoms with Gasteiger partial charge in [-0.1, -0.05) is 24.3 Å². The van der Waals surface area contributed by atoms with Crippen LogP contribution in [0, 0.1) is 13.8 Å². The molecule has 28 heavy (non-hydrogen) atoms. The van der Waals surface area contributed by atoms with Gasteiger partial charge in [0.25, 0.3) is 0 Å². The molecule has 2 aromatic heterocycles. The summed E-state index contributed by atoms with van der Waals surface area (Å²) in [6.07, 6.45) is 0. The zero-order valence-corrected chi connectivity index (χ0v) is 16.7. The maximum absolute atomic E-state index is 5.17. The molecule has 0 atom stereocenters. The van der Waals surface area contributed by atoms with Crippen molar-refractivity contribution in [3.8, 4) is 11.6 Å². The molecule has 0 bridgehead atoms. The molecule has 0 saturated carbocycles. The fraction of sp³-hybridized carbons (Fsp3) is 0.286. The van der Waals surface area contributed by atoms with Crippen molar-refractivity contribution in [1.82, 2.24) is 25.4 Å². The number of benzene rings is 1. The Morgan fingerprint density at radius 1 is 1.07 bits per heavy atom. The number of methoxy groups -OCH3 is 1. The first kappa shape index (κ1) is 19.4. The van der Waals surface area contributed by atoms with E-state index in [1.54, 1.807) is 14.2 Å². The van der Waals surface area contributed by atoms with Crippen LogP contribution in [0.15, 0.2) is 53.5 Å². The van der Waals surface area contributed by atoms with Crippen molar-refractivity contribution in [2.75, 3.05) is 14.2 Å². The van der Waals surface area contributed by atoms with E-state index >= 15 is 0 Å². The molecule has 0 aliphatic heterocycles. The second-order valence-electron chi connectivity index (χ2n) is 6.42. The fourth-order valence-electron chi connectivity index (χ4n) is 2.98. The number of aromatic nitrogens is 3. The molecule has 2 heterocycles. The number of nitrogens with zero attached hydrogens (tertiary/aromatic N) is 4. The summed E-state index contributed by atoms with van der Waals surface area (Å²) in [4.78, 5) is 8.70. The molecule has 0 amide bonds. The molecular weight excluding hydrogens is 352 g/mol. The summed E-state index contributed by atoms with van der Waals surface area (Å²) in [5, 5.41) is 11.2. The lowest BCUT2D eigenvalue weighted by atomic mass is 10.1. The van der Waals surface area contributed by atoms with Crippen LogP contribution < -0.4 is 15.4 Å². The highest BCUT2D eigenvalue weighted by Crippen LogP contribution is 2.16. The summed E-state index contributed by atoms with van der Waals surface area (Å²) in [5.41, 5.74) is 5.19. The van der Waals surface area contributed by atoms with Gasteiger partial charge in [-0.25, -0.2) is 9.67 Å². The van der Waals surface area contributed by atoms with E-state index in [0.717, 1.165) is 28.3 Å². The summed E-state index contributed by atoms with van der Waals surface area (Å²) in [6, 6.07) is 16.0. The van der Waals surface area contributed by atoms with Crippen molar-refractivity contribution in [2.24, 2.45) is 4.99 Å². The number of nitrogens with one attached hydrogen (secondary N) is 2. The predicted molar refractivity (Wildman–Crippen MR) is 111 cm³/mol. The SMILES string of the molecule is CN=C(NCc1cccc(OC)n1)NCc1ccccc1-n1nc(C)cc1C. The van der Waals surface area contributed by atoms with Crippen LogP contribution in [0.5, 0.6) is 5.88 Å². The molecule has 7 nitrogen and oxygen atoms in total. The Morgan fingerprint density at radius 3 is 2.57 bits per heavy atom. The zero-order chi connectivity index (χ0) is 19.9. The van der Waals surface area contributed by atoms with Crippen molar-refractivity contribution in [2.45, 2.75) is 26.9 Å². The molecule has 2 N–H and O–H groups in total. The number of hydrogen-bond donors (Lipinski definition) is 2. The highest BCUT2D eigenvalue weighted by atomic mass is 16.5. The van der Waals surface area contributed by atoms with Crippen LogP contribution in [0.25, 0.3) is 5.69 Å². The Labute approximate surface area is 165 Å². The fourth-order valence-corrected chi connectivity index (χ4v) is 2.98. The zero-order valence-electron chi connectivity index (χ0n) is 16.7. The summed E-state index contributed by atoms with van der Waals surface area (Å²) in [6.45, 7) is 5.24. The molecule has 1 aromatic carbocycles. The van der Waals surface area contributed by atoms with Gasteiger partial charge in [0.15, 0.2) is 5.96 Å². The van der Waals surface area contributed by atoms with Gasteiger partial charge < -0.3 is 15.4 Å². The number of ether oxygens (including phenoxy) is 1. The smallest absolute Gasteiger partial charge is 0.213 e. The van der Waals surface area contributed by atoms with Crippen LogP contribution in [0.2, 0.25) is 0 Å². The predicted octanol–water partition coefficient (Wildman–Crippen LogP) is 2.76. The topological polar surface area (TPSA) is 76.4 Å². The molecule has 0 saturated heterocycles. The monoisotopic (exact) mass is 378 g/mol. The van der Waals surface area contributed by atoms with Crippen molar-refractivity contribution in [3.63, 3.8) is 0 Å². The second kappa shape index (κ2) is 9.03. The van der Waals surface area contributed by atoms with Crippen LogP contribution in [0.3, 0.4) is 0 Å². The summed E-state index contributed by atoms with van der Waals surface area (Å²) in [7, 11) is 3.36. The molecule has 146 valence electrons. The van der Waals surface area contributed by atoms with Crippen LogP contribution in [0.1, 0.15) is 22.6 Å². The van der Waals surface area contributed by atoms with Crippen LogP contribution in [-0.4, -0.2) is 34.9 Å². The first-order valence-electron chi connectivity index (χ1n) is 9.16. The van der Waals surface area contributed by atoms with Crippen molar-refractivity contribution < 1.29 is 4.74 Å². The molecule has 0 fully saturated rings. The second-order valence-corrected chi connectivity index (χ2v) is 6.42. The van der Waals surface area contributed by atoms with Gasteiger partial charge in [-0.2, -0.15) is 5.10 Å². The first-order chi connectivity index (χ1) is 13.6. The van der Waals surface area contributed by atoms with Crippen molar-refractivity contribution in [1.29, 1.82) is 0 Å². The maximum Gasteiger partial charge on any atom is 0.213 e. The Bertz CT molecular complexity index is 963. The highest BCUT2D eigenvalue weighted by Gasteiger charge is 2.09. The molecule has 3 aromatic rings. The molecule has 0 aliphatic carbocycles. The third-order valence-corrected chi connectivity index (χ3v) is 4.33. The van der Waals surface area contributed by atoms with E-state index in [9.17, 15) is 0 Å². The molecule has 3 rings (SSSR count). The third kappa shape index (κ3) is 4.68. The number of aryl methyl sites for hydroxylation is 2. The lowest BCUT2D eigenvalue weighted by Gasteiger charge is -2.15. The lowest BCUT2D eigenvalue weighted by molar-refractivity contribution is 0.396. The summed E-state index contributed by atoms with van der Waals surface area (Å²) < 4.78 is 7.14. The molecule has 0 radical (unpaired) electrons. The van der Waals surface area contributed by atoms with Gasteiger partial charge in [0.05, 0.1) is 30.7 Å². The van der Waals surface area contributed by atoms with Crippen LogP contribution in [-0.2, 0) is 13.1 Å². The van der Waals surface area contributed by atoms with Gasteiger partial charge in [-0.3, -0.25) is 4.99 Å². The molecule has 0 aliphatic rings. The van der Waals surface area contributed by atoms with Gasteiger partial charge in [-0.15, -0.1) is 0 Å². The van der Waals surface area contributed by atoms with E-state index in [4.69, 9.17) is 4.74 Å². The normalized spacial score (nSPS) is 11.4. The highest BCUT2D eigenvalue weighted by molar-refractivity contribution is 5.79. The number of pyridine rings is 1. The quantitative estimate of drug-likeness (QED) is 0.510. The average molecular weight is 378 g/mol. The number of rotatable bonds is 6. The number of hydrogen-bond acceptors (Lipinski definition) is 4. The van der Waals surface area contributed by atoms with Crippen LogP contribution in [0.4, 0.5) is 0 Å². The van der Waals surface area contributed by atoms with Gasteiger partial charge >= 0.3 is 0 Å². The van der Waals surface area contributed by atoms with Crippen molar-refractivity contribution in [3.05, 3.63) is 71.2 Å².